The summed E-state index contributed by atoms with van der Waals surface area (Å²) in [6.07, 6.45) is 8.52. The smallest absolute Gasteiger partial charge is 0.0965 e. The first-order valence-electron chi connectivity index (χ1n) is 6.47. The first kappa shape index (κ1) is 11.4. The van der Waals surface area contributed by atoms with Gasteiger partial charge in [-0.15, -0.1) is 5.10 Å². The van der Waals surface area contributed by atoms with Gasteiger partial charge in [0.15, 0.2) is 0 Å². The Kier molecular flexibility index (Phi) is 3.10. The molecular weight excluding hydrogens is 228 g/mol. The molecule has 18 heavy (non-hydrogen) atoms. The molecular formula is C12H18N6. The Morgan fingerprint density at radius 2 is 2.22 bits per heavy atom. The molecule has 0 unspecified atom stereocenters. The molecule has 2 aromatic rings. The lowest BCUT2D eigenvalue weighted by atomic mass is 10.3. The van der Waals surface area contributed by atoms with Crippen molar-refractivity contribution in [2.24, 2.45) is 0 Å². The van der Waals surface area contributed by atoms with Crippen LogP contribution in [0, 0.1) is 0 Å². The lowest BCUT2D eigenvalue weighted by Crippen LogP contribution is -2.15. The maximum atomic E-state index is 4.25. The molecule has 0 bridgehead atoms. The van der Waals surface area contributed by atoms with E-state index in [1.165, 1.54) is 12.8 Å². The van der Waals surface area contributed by atoms with Crippen LogP contribution in [-0.4, -0.2) is 30.8 Å². The van der Waals surface area contributed by atoms with E-state index in [-0.39, 0.29) is 0 Å². The van der Waals surface area contributed by atoms with Gasteiger partial charge >= 0.3 is 0 Å². The molecule has 1 saturated carbocycles. The molecule has 1 aliphatic carbocycles. The van der Waals surface area contributed by atoms with Crippen molar-refractivity contribution >= 4 is 0 Å². The van der Waals surface area contributed by atoms with Crippen molar-refractivity contribution in [3.63, 3.8) is 0 Å². The van der Waals surface area contributed by atoms with Gasteiger partial charge in [0.25, 0.3) is 0 Å². The van der Waals surface area contributed by atoms with E-state index >= 15 is 0 Å². The number of hydrogen-bond donors (Lipinski definition) is 1. The van der Waals surface area contributed by atoms with Gasteiger partial charge in [-0.05, 0) is 19.8 Å². The van der Waals surface area contributed by atoms with Crippen molar-refractivity contribution in [1.82, 2.24) is 30.1 Å². The normalized spacial score (nSPS) is 15.2. The average molecular weight is 246 g/mol. The third-order valence-electron chi connectivity index (χ3n) is 3.09. The highest BCUT2D eigenvalue weighted by molar-refractivity contribution is 5.05. The van der Waals surface area contributed by atoms with Gasteiger partial charge in [0, 0.05) is 30.9 Å². The van der Waals surface area contributed by atoms with Crippen molar-refractivity contribution < 1.29 is 0 Å². The minimum atomic E-state index is 0.706. The Balaban J connectivity index is 1.58. The highest BCUT2D eigenvalue weighted by atomic mass is 15.4. The van der Waals surface area contributed by atoms with Crippen LogP contribution in [0.5, 0.6) is 0 Å². The van der Waals surface area contributed by atoms with Crippen molar-refractivity contribution in [3.8, 4) is 0 Å². The second-order valence-corrected chi connectivity index (χ2v) is 4.77. The van der Waals surface area contributed by atoms with Crippen LogP contribution in [0.1, 0.15) is 31.0 Å². The van der Waals surface area contributed by atoms with Gasteiger partial charge in [0.05, 0.1) is 24.6 Å². The number of hydrogen-bond acceptors (Lipinski definition) is 4. The van der Waals surface area contributed by atoms with Gasteiger partial charge in [-0.25, -0.2) is 4.68 Å². The zero-order valence-electron chi connectivity index (χ0n) is 10.6. The second kappa shape index (κ2) is 4.89. The number of rotatable bonds is 6. The Morgan fingerprint density at radius 3 is 2.94 bits per heavy atom. The molecule has 6 nitrogen and oxygen atoms in total. The third-order valence-corrected chi connectivity index (χ3v) is 3.09. The van der Waals surface area contributed by atoms with E-state index in [9.17, 15) is 0 Å². The fraction of sp³-hybridized carbons (Fsp3) is 0.583. The minimum absolute atomic E-state index is 0.706. The summed E-state index contributed by atoms with van der Waals surface area (Å²) in [5.41, 5.74) is 2.16. The standard InChI is InChI=1S/C12H18N6/c1-2-17-7-10(5-14-17)8-18-9-12(15-16-18)6-13-11-3-4-11/h5,7,9,11,13H,2-4,6,8H2,1H3. The lowest BCUT2D eigenvalue weighted by molar-refractivity contribution is 0.640. The molecule has 0 aromatic carbocycles. The molecule has 6 heteroatoms. The van der Waals surface area contributed by atoms with E-state index in [2.05, 4.69) is 27.7 Å². The molecule has 1 N–H and O–H groups in total. The van der Waals surface area contributed by atoms with Crippen molar-refractivity contribution in [1.29, 1.82) is 0 Å². The van der Waals surface area contributed by atoms with Gasteiger partial charge < -0.3 is 5.32 Å². The monoisotopic (exact) mass is 246 g/mol. The quantitative estimate of drug-likeness (QED) is 0.819. The Labute approximate surface area is 106 Å². The summed E-state index contributed by atoms with van der Waals surface area (Å²) in [5.74, 6) is 0. The average Bonchev–Trinajstić information content (AvgIpc) is 2.93. The van der Waals surface area contributed by atoms with E-state index in [1.807, 2.05) is 28.0 Å². The van der Waals surface area contributed by atoms with Crippen LogP contribution < -0.4 is 5.32 Å². The summed E-state index contributed by atoms with van der Waals surface area (Å²) in [6.45, 7) is 4.52. The third kappa shape index (κ3) is 2.76. The lowest BCUT2D eigenvalue weighted by Gasteiger charge is -1.97. The SMILES string of the molecule is CCn1cc(Cn2cc(CNC3CC3)nn2)cn1. The summed E-state index contributed by atoms with van der Waals surface area (Å²) in [7, 11) is 0. The fourth-order valence-electron chi connectivity index (χ4n) is 1.88. The summed E-state index contributed by atoms with van der Waals surface area (Å²) in [5, 5.41) is 16.0. The fourth-order valence-corrected chi connectivity index (χ4v) is 1.88. The Bertz CT molecular complexity index is 510. The zero-order chi connectivity index (χ0) is 12.4. The van der Waals surface area contributed by atoms with Gasteiger partial charge in [-0.1, -0.05) is 5.21 Å². The molecule has 0 saturated heterocycles. The van der Waals surface area contributed by atoms with Crippen LogP contribution in [0.25, 0.3) is 0 Å². The van der Waals surface area contributed by atoms with E-state index in [0.29, 0.717) is 6.04 Å². The number of nitrogens with zero attached hydrogens (tertiary/aromatic N) is 5. The first-order valence-corrected chi connectivity index (χ1v) is 6.47. The maximum absolute atomic E-state index is 4.25. The van der Waals surface area contributed by atoms with E-state index in [1.54, 1.807) is 0 Å². The van der Waals surface area contributed by atoms with Gasteiger partial charge in [0.2, 0.25) is 0 Å². The zero-order valence-corrected chi connectivity index (χ0v) is 10.6. The second-order valence-electron chi connectivity index (χ2n) is 4.77. The summed E-state index contributed by atoms with van der Waals surface area (Å²) in [4.78, 5) is 0. The van der Waals surface area contributed by atoms with Crippen molar-refractivity contribution in [2.45, 2.75) is 45.4 Å². The van der Waals surface area contributed by atoms with E-state index < -0.39 is 0 Å². The summed E-state index contributed by atoms with van der Waals surface area (Å²) in [6, 6.07) is 0.706. The molecule has 0 atom stereocenters. The number of aromatic nitrogens is 5. The molecule has 0 spiro atoms. The van der Waals surface area contributed by atoms with E-state index in [4.69, 9.17) is 0 Å². The summed E-state index contributed by atoms with van der Waals surface area (Å²) < 4.78 is 3.78. The molecule has 2 heterocycles. The van der Waals surface area contributed by atoms with Crippen LogP contribution in [-0.2, 0) is 19.6 Å². The Hall–Kier alpha value is -1.69. The van der Waals surface area contributed by atoms with Crippen molar-refractivity contribution in [3.05, 3.63) is 29.8 Å². The number of aryl methyl sites for hydroxylation is 1. The first-order chi connectivity index (χ1) is 8.83. The molecule has 0 aliphatic heterocycles. The van der Waals surface area contributed by atoms with Crippen molar-refractivity contribution in [2.75, 3.05) is 0 Å². The molecule has 0 radical (unpaired) electrons. The Morgan fingerprint density at radius 1 is 1.33 bits per heavy atom. The number of nitrogens with one attached hydrogen (secondary N) is 1. The van der Waals surface area contributed by atoms with Crippen LogP contribution >= 0.6 is 0 Å². The topological polar surface area (TPSA) is 60.6 Å². The van der Waals surface area contributed by atoms with E-state index in [0.717, 1.165) is 30.9 Å². The molecule has 2 aromatic heterocycles. The van der Waals surface area contributed by atoms with Crippen LogP contribution in [0.15, 0.2) is 18.6 Å². The summed E-state index contributed by atoms with van der Waals surface area (Å²) >= 11 is 0. The molecule has 1 fully saturated rings. The van der Waals surface area contributed by atoms with Crippen LogP contribution in [0.4, 0.5) is 0 Å². The maximum Gasteiger partial charge on any atom is 0.0965 e. The van der Waals surface area contributed by atoms with Gasteiger partial charge in [-0.3, -0.25) is 4.68 Å². The largest absolute Gasteiger partial charge is 0.308 e. The predicted molar refractivity (Wildman–Crippen MR) is 66.9 cm³/mol. The highest BCUT2D eigenvalue weighted by Gasteiger charge is 2.20. The molecule has 96 valence electrons. The molecule has 0 amide bonds. The molecule has 1 aliphatic rings. The highest BCUT2D eigenvalue weighted by Crippen LogP contribution is 2.18. The van der Waals surface area contributed by atoms with Gasteiger partial charge in [0.1, 0.15) is 0 Å². The predicted octanol–water partition coefficient (Wildman–Crippen LogP) is 0.795. The minimum Gasteiger partial charge on any atom is -0.308 e. The van der Waals surface area contributed by atoms with Crippen LogP contribution in [0.2, 0.25) is 0 Å². The molecule has 3 rings (SSSR count). The van der Waals surface area contributed by atoms with Crippen LogP contribution in [0.3, 0.4) is 0 Å². The van der Waals surface area contributed by atoms with Gasteiger partial charge in [-0.2, -0.15) is 5.10 Å².